The van der Waals surface area contributed by atoms with Crippen LogP contribution in [0, 0.1) is 5.82 Å². The third-order valence-electron chi connectivity index (χ3n) is 3.22. The number of nitrogens with one attached hydrogen (secondary N) is 1. The molecule has 0 radical (unpaired) electrons. The van der Waals surface area contributed by atoms with Crippen LogP contribution in [0.15, 0.2) is 24.3 Å². The van der Waals surface area contributed by atoms with E-state index in [1.807, 2.05) is 6.07 Å². The van der Waals surface area contributed by atoms with Gasteiger partial charge in [-0.25, -0.2) is 4.39 Å². The van der Waals surface area contributed by atoms with Gasteiger partial charge < -0.3 is 5.32 Å². The van der Waals surface area contributed by atoms with Gasteiger partial charge in [-0.05, 0) is 44.1 Å². The average Bonchev–Trinajstić information content (AvgIpc) is 2.34. The first-order chi connectivity index (χ1) is 8.67. The number of hydrogen-bond donors (Lipinski definition) is 1. The van der Waals surface area contributed by atoms with Crippen LogP contribution in [0.5, 0.6) is 0 Å². The predicted molar refractivity (Wildman–Crippen MR) is 75.1 cm³/mol. The molecule has 0 spiro atoms. The van der Waals surface area contributed by atoms with Crippen molar-refractivity contribution in [3.8, 4) is 0 Å². The molecule has 0 saturated carbocycles. The second-order valence-corrected chi connectivity index (χ2v) is 4.81. The van der Waals surface area contributed by atoms with Gasteiger partial charge in [0.05, 0.1) is 0 Å². The number of benzene rings is 1. The maximum absolute atomic E-state index is 13.1. The number of likely N-dealkylation sites (N-methyl/N-ethyl adjacent to an activating group) is 1. The van der Waals surface area contributed by atoms with Crippen LogP contribution in [-0.2, 0) is 6.54 Å². The molecule has 102 valence electrons. The van der Waals surface area contributed by atoms with Crippen molar-refractivity contribution in [2.45, 2.75) is 39.3 Å². The zero-order valence-electron chi connectivity index (χ0n) is 11.7. The molecule has 1 N–H and O–H groups in total. The van der Waals surface area contributed by atoms with Gasteiger partial charge >= 0.3 is 0 Å². The van der Waals surface area contributed by atoms with Crippen LogP contribution in [0.3, 0.4) is 0 Å². The van der Waals surface area contributed by atoms with E-state index in [2.05, 4.69) is 31.1 Å². The van der Waals surface area contributed by atoms with Crippen LogP contribution in [0.4, 0.5) is 4.39 Å². The Morgan fingerprint density at radius 3 is 2.72 bits per heavy atom. The van der Waals surface area contributed by atoms with Crippen molar-refractivity contribution in [3.63, 3.8) is 0 Å². The Balaban J connectivity index is 2.48. The highest BCUT2D eigenvalue weighted by Crippen LogP contribution is 2.10. The summed E-state index contributed by atoms with van der Waals surface area (Å²) in [6.45, 7) is 7.22. The Morgan fingerprint density at radius 1 is 1.33 bits per heavy atom. The molecule has 1 atom stereocenters. The summed E-state index contributed by atoms with van der Waals surface area (Å²) in [6, 6.07) is 7.35. The van der Waals surface area contributed by atoms with E-state index in [-0.39, 0.29) is 5.82 Å². The molecule has 1 rings (SSSR count). The average molecular weight is 252 g/mol. The molecule has 0 bridgehead atoms. The Kier molecular flexibility index (Phi) is 6.91. The van der Waals surface area contributed by atoms with Gasteiger partial charge in [-0.1, -0.05) is 26.0 Å². The molecule has 0 aromatic heterocycles. The van der Waals surface area contributed by atoms with Crippen molar-refractivity contribution < 1.29 is 4.39 Å². The Morgan fingerprint density at radius 2 is 2.11 bits per heavy atom. The van der Waals surface area contributed by atoms with E-state index < -0.39 is 0 Å². The highest BCUT2D eigenvalue weighted by Gasteiger charge is 2.12. The first-order valence-corrected chi connectivity index (χ1v) is 6.82. The normalized spacial score (nSPS) is 12.9. The van der Waals surface area contributed by atoms with E-state index in [4.69, 9.17) is 0 Å². The van der Waals surface area contributed by atoms with Crippen molar-refractivity contribution in [1.82, 2.24) is 10.2 Å². The van der Waals surface area contributed by atoms with Crippen LogP contribution in [0.25, 0.3) is 0 Å². The zero-order chi connectivity index (χ0) is 13.4. The molecule has 0 aliphatic heterocycles. The predicted octanol–water partition coefficient (Wildman–Crippen LogP) is 3.04. The highest BCUT2D eigenvalue weighted by atomic mass is 19.1. The van der Waals surface area contributed by atoms with Gasteiger partial charge in [0.15, 0.2) is 0 Å². The van der Waals surface area contributed by atoms with Crippen molar-refractivity contribution in [3.05, 3.63) is 35.6 Å². The van der Waals surface area contributed by atoms with Gasteiger partial charge in [-0.3, -0.25) is 4.90 Å². The minimum absolute atomic E-state index is 0.155. The third kappa shape index (κ3) is 5.15. The molecule has 1 unspecified atom stereocenters. The van der Waals surface area contributed by atoms with Crippen LogP contribution < -0.4 is 5.32 Å². The summed E-state index contributed by atoms with van der Waals surface area (Å²) >= 11 is 0. The quantitative estimate of drug-likeness (QED) is 0.715. The molecule has 18 heavy (non-hydrogen) atoms. The van der Waals surface area contributed by atoms with Gasteiger partial charge in [-0.2, -0.15) is 0 Å². The second-order valence-electron chi connectivity index (χ2n) is 4.81. The van der Waals surface area contributed by atoms with Crippen molar-refractivity contribution in [2.24, 2.45) is 0 Å². The standard InChI is InChI=1S/C15H25FN2/c1-4-9-17-11-15(5-2)18(3)12-13-7-6-8-14(16)10-13/h6-8,10,15,17H,4-5,9,11-12H2,1-3H3. The lowest BCUT2D eigenvalue weighted by molar-refractivity contribution is 0.221. The molecule has 0 aliphatic rings. The number of hydrogen-bond acceptors (Lipinski definition) is 2. The molecule has 0 aliphatic carbocycles. The molecular weight excluding hydrogens is 227 g/mol. The Labute approximate surface area is 110 Å². The molecular formula is C15H25FN2. The molecule has 0 heterocycles. The Hall–Kier alpha value is -0.930. The van der Waals surface area contributed by atoms with Crippen molar-refractivity contribution >= 4 is 0 Å². The second kappa shape index (κ2) is 8.22. The Bertz CT molecular complexity index is 341. The first kappa shape index (κ1) is 15.1. The molecule has 3 heteroatoms. The van der Waals surface area contributed by atoms with Crippen LogP contribution in [0.1, 0.15) is 32.3 Å². The minimum Gasteiger partial charge on any atom is -0.315 e. The first-order valence-electron chi connectivity index (χ1n) is 6.82. The summed E-state index contributed by atoms with van der Waals surface area (Å²) in [7, 11) is 2.10. The summed E-state index contributed by atoms with van der Waals surface area (Å²) in [5.74, 6) is -0.155. The number of rotatable bonds is 8. The van der Waals surface area contributed by atoms with Crippen LogP contribution in [0.2, 0.25) is 0 Å². The third-order valence-corrected chi connectivity index (χ3v) is 3.22. The number of halogens is 1. The van der Waals surface area contributed by atoms with E-state index in [0.717, 1.165) is 38.0 Å². The summed E-state index contributed by atoms with van der Waals surface area (Å²) in [6.07, 6.45) is 2.26. The van der Waals surface area contributed by atoms with E-state index in [9.17, 15) is 4.39 Å². The topological polar surface area (TPSA) is 15.3 Å². The molecule has 1 aromatic rings. The SMILES string of the molecule is CCCNCC(CC)N(C)Cc1cccc(F)c1. The van der Waals surface area contributed by atoms with Crippen LogP contribution in [-0.4, -0.2) is 31.1 Å². The molecule has 0 saturated heterocycles. The fraction of sp³-hybridized carbons (Fsp3) is 0.600. The van der Waals surface area contributed by atoms with Gasteiger partial charge in [0.1, 0.15) is 5.82 Å². The molecule has 1 aromatic carbocycles. The monoisotopic (exact) mass is 252 g/mol. The summed E-state index contributed by atoms with van der Waals surface area (Å²) in [5.41, 5.74) is 1.03. The summed E-state index contributed by atoms with van der Waals surface area (Å²) in [5, 5.41) is 3.45. The lowest BCUT2D eigenvalue weighted by atomic mass is 10.1. The summed E-state index contributed by atoms with van der Waals surface area (Å²) < 4.78 is 13.1. The lowest BCUT2D eigenvalue weighted by Crippen LogP contribution is -2.39. The lowest BCUT2D eigenvalue weighted by Gasteiger charge is -2.27. The smallest absolute Gasteiger partial charge is 0.123 e. The van der Waals surface area contributed by atoms with Gasteiger partial charge in [-0.15, -0.1) is 0 Å². The largest absolute Gasteiger partial charge is 0.315 e. The maximum Gasteiger partial charge on any atom is 0.123 e. The fourth-order valence-electron chi connectivity index (χ4n) is 2.11. The fourth-order valence-corrected chi connectivity index (χ4v) is 2.11. The van der Waals surface area contributed by atoms with E-state index in [1.54, 1.807) is 12.1 Å². The molecule has 0 amide bonds. The van der Waals surface area contributed by atoms with E-state index in [0.29, 0.717) is 6.04 Å². The van der Waals surface area contributed by atoms with E-state index in [1.165, 1.54) is 6.07 Å². The minimum atomic E-state index is -0.155. The highest BCUT2D eigenvalue weighted by molar-refractivity contribution is 5.16. The van der Waals surface area contributed by atoms with Crippen LogP contribution >= 0.6 is 0 Å². The van der Waals surface area contributed by atoms with Gasteiger partial charge in [0.2, 0.25) is 0 Å². The van der Waals surface area contributed by atoms with Crippen molar-refractivity contribution in [1.29, 1.82) is 0 Å². The zero-order valence-corrected chi connectivity index (χ0v) is 11.7. The van der Waals surface area contributed by atoms with Gasteiger partial charge in [0.25, 0.3) is 0 Å². The van der Waals surface area contributed by atoms with Gasteiger partial charge in [0, 0.05) is 19.1 Å². The number of nitrogens with zero attached hydrogens (tertiary/aromatic N) is 1. The van der Waals surface area contributed by atoms with Crippen molar-refractivity contribution in [2.75, 3.05) is 20.1 Å². The maximum atomic E-state index is 13.1. The molecule has 0 fully saturated rings. The molecule has 2 nitrogen and oxygen atoms in total. The van der Waals surface area contributed by atoms with E-state index >= 15 is 0 Å². The summed E-state index contributed by atoms with van der Waals surface area (Å²) in [4.78, 5) is 2.29.